The number of aromatic nitrogens is 2. The largest absolute Gasteiger partial charge is 0.487 e. The van der Waals surface area contributed by atoms with Crippen LogP contribution in [0.1, 0.15) is 35.2 Å². The number of nitrogens with zero attached hydrogens (tertiary/aromatic N) is 3. The van der Waals surface area contributed by atoms with Gasteiger partial charge in [-0.25, -0.2) is 0 Å². The normalized spacial score (nSPS) is 21.5. The van der Waals surface area contributed by atoms with Crippen LogP contribution in [0.2, 0.25) is 5.02 Å². The molecule has 180 valence electrons. The van der Waals surface area contributed by atoms with Gasteiger partial charge in [0.1, 0.15) is 12.4 Å². The Morgan fingerprint density at radius 2 is 2.06 bits per heavy atom. The minimum Gasteiger partial charge on any atom is -0.487 e. The summed E-state index contributed by atoms with van der Waals surface area (Å²) in [7, 11) is 0. The molecule has 1 aliphatic carbocycles. The first-order chi connectivity index (χ1) is 17.1. The molecule has 0 saturated carbocycles. The van der Waals surface area contributed by atoms with Crippen molar-refractivity contribution < 1.29 is 9.47 Å². The molecule has 0 N–H and O–H groups in total. The minimum atomic E-state index is -0.0975. The van der Waals surface area contributed by atoms with Crippen LogP contribution in [-0.2, 0) is 24.3 Å². The number of ether oxygens (including phenoxy) is 2. The van der Waals surface area contributed by atoms with E-state index >= 15 is 0 Å². The molecule has 0 spiro atoms. The Hall–Kier alpha value is -2.93. The van der Waals surface area contributed by atoms with Gasteiger partial charge in [0.05, 0.1) is 16.8 Å². The van der Waals surface area contributed by atoms with Crippen LogP contribution in [0.4, 0.5) is 0 Å². The van der Waals surface area contributed by atoms with Crippen LogP contribution in [0.25, 0.3) is 11.8 Å². The number of hydrogen-bond donors (Lipinski definition) is 0. The number of likely N-dealkylation sites (tertiary alicyclic amines) is 1. The highest BCUT2D eigenvalue weighted by Crippen LogP contribution is 2.31. The van der Waals surface area contributed by atoms with Gasteiger partial charge in [-0.1, -0.05) is 29.8 Å². The van der Waals surface area contributed by atoms with Crippen molar-refractivity contribution in [2.75, 3.05) is 19.7 Å². The second kappa shape index (κ2) is 9.61. The molecular weight excluding hydrogens is 462 g/mol. The molecule has 2 fully saturated rings. The fourth-order valence-corrected chi connectivity index (χ4v) is 5.52. The molecule has 2 atom stereocenters. The van der Waals surface area contributed by atoms with Gasteiger partial charge in [-0.15, -0.1) is 0 Å². The molecule has 2 saturated heterocycles. The Labute approximate surface area is 209 Å². The molecule has 0 amide bonds. The molecule has 6 nitrogen and oxygen atoms in total. The van der Waals surface area contributed by atoms with Gasteiger partial charge in [0.15, 0.2) is 0 Å². The van der Waals surface area contributed by atoms with Gasteiger partial charge < -0.3 is 9.47 Å². The van der Waals surface area contributed by atoms with Gasteiger partial charge in [0.25, 0.3) is 5.56 Å². The van der Waals surface area contributed by atoms with E-state index in [-0.39, 0.29) is 12.2 Å². The molecule has 2 aliphatic heterocycles. The third-order valence-corrected chi connectivity index (χ3v) is 7.46. The van der Waals surface area contributed by atoms with Crippen LogP contribution in [0.15, 0.2) is 59.7 Å². The Morgan fingerprint density at radius 3 is 2.89 bits per heavy atom. The molecule has 1 aromatic carbocycles. The molecule has 4 heterocycles. The first kappa shape index (κ1) is 22.5. The van der Waals surface area contributed by atoms with Crippen molar-refractivity contribution in [2.45, 2.75) is 38.5 Å². The number of halogens is 1. The summed E-state index contributed by atoms with van der Waals surface area (Å²) in [6, 6.07) is 13.7. The molecule has 6 rings (SSSR count). The van der Waals surface area contributed by atoms with Crippen molar-refractivity contribution in [3.05, 3.63) is 92.6 Å². The van der Waals surface area contributed by atoms with E-state index in [9.17, 15) is 4.79 Å². The van der Waals surface area contributed by atoms with Crippen LogP contribution in [0, 0.1) is 5.92 Å². The van der Waals surface area contributed by atoms with Gasteiger partial charge in [0, 0.05) is 56.3 Å². The van der Waals surface area contributed by atoms with Crippen molar-refractivity contribution in [1.29, 1.82) is 0 Å². The quantitative estimate of drug-likeness (QED) is 0.505. The minimum absolute atomic E-state index is 0.0975. The maximum absolute atomic E-state index is 12.8. The monoisotopic (exact) mass is 489 g/mol. The van der Waals surface area contributed by atoms with Crippen molar-refractivity contribution in [2.24, 2.45) is 5.92 Å². The fourth-order valence-electron chi connectivity index (χ4n) is 5.41. The maximum atomic E-state index is 12.8. The Balaban J connectivity index is 1.13. The Kier molecular flexibility index (Phi) is 6.19. The number of fused-ring (bicyclic) bond motifs is 2. The standard InChI is InChI=1S/C28H28ClN3O3/c29-23-4-5-24(30-14-23)18-35-26-7-9-32(28(33)13-26)25-6-3-20-11-19(1-2-21(20)12-25)15-31-16-22-8-10-34-27(22)17-31/h1-2,4-5,7,9,11-14,22,27H,3,6,8,10,15-18H2/t22-,27+/m1/s1. The van der Waals surface area contributed by atoms with Crippen molar-refractivity contribution in [1.82, 2.24) is 14.5 Å². The first-order valence-corrected chi connectivity index (χ1v) is 12.6. The highest BCUT2D eigenvalue weighted by Gasteiger charge is 2.37. The Bertz CT molecular complexity index is 1310. The average Bonchev–Trinajstić information content (AvgIpc) is 3.45. The zero-order valence-corrected chi connectivity index (χ0v) is 20.3. The second-order valence-corrected chi connectivity index (χ2v) is 10.1. The predicted octanol–water partition coefficient (Wildman–Crippen LogP) is 4.64. The van der Waals surface area contributed by atoms with Crippen molar-refractivity contribution in [3.63, 3.8) is 0 Å². The predicted molar refractivity (Wildman–Crippen MR) is 136 cm³/mol. The summed E-state index contributed by atoms with van der Waals surface area (Å²) in [5, 5.41) is 0.582. The summed E-state index contributed by atoms with van der Waals surface area (Å²) >= 11 is 5.87. The molecule has 3 aliphatic rings. The number of allylic oxidation sites excluding steroid dienone is 1. The summed E-state index contributed by atoms with van der Waals surface area (Å²) in [4.78, 5) is 19.6. The third kappa shape index (κ3) is 4.92. The molecule has 2 aromatic heterocycles. The van der Waals surface area contributed by atoms with Crippen molar-refractivity contribution >= 4 is 23.4 Å². The Morgan fingerprint density at radius 1 is 1.11 bits per heavy atom. The maximum Gasteiger partial charge on any atom is 0.258 e. The number of aryl methyl sites for hydroxylation is 1. The van der Waals surface area contributed by atoms with Crippen LogP contribution >= 0.6 is 11.6 Å². The molecule has 0 bridgehead atoms. The van der Waals surface area contributed by atoms with Gasteiger partial charge in [0.2, 0.25) is 0 Å². The molecule has 7 heteroatoms. The fraction of sp³-hybridized carbons (Fsp3) is 0.357. The SMILES string of the molecule is O=c1cc(OCc2ccc(Cl)cn2)ccn1C1=Cc2ccc(CN3C[C@H]4CCO[C@H]4C3)cc2CC1. The van der Waals surface area contributed by atoms with E-state index < -0.39 is 0 Å². The van der Waals surface area contributed by atoms with E-state index in [4.69, 9.17) is 21.1 Å². The summed E-state index contributed by atoms with van der Waals surface area (Å²) in [5.41, 5.74) is 5.56. The second-order valence-electron chi connectivity index (χ2n) is 9.65. The van der Waals surface area contributed by atoms with Crippen LogP contribution < -0.4 is 10.3 Å². The van der Waals surface area contributed by atoms with Gasteiger partial charge in [-0.05, 0) is 60.2 Å². The molecule has 0 radical (unpaired) electrons. The molecule has 3 aromatic rings. The van der Waals surface area contributed by atoms with E-state index in [1.807, 2.05) is 12.1 Å². The topological polar surface area (TPSA) is 56.6 Å². The number of pyridine rings is 2. The lowest BCUT2D eigenvalue weighted by molar-refractivity contribution is 0.0984. The zero-order chi connectivity index (χ0) is 23.8. The molecular formula is C28H28ClN3O3. The van der Waals surface area contributed by atoms with E-state index in [1.165, 1.54) is 29.2 Å². The highest BCUT2D eigenvalue weighted by atomic mass is 35.5. The highest BCUT2D eigenvalue weighted by molar-refractivity contribution is 6.30. The van der Waals surface area contributed by atoms with Crippen LogP contribution in [0.3, 0.4) is 0 Å². The summed E-state index contributed by atoms with van der Waals surface area (Å²) in [5.74, 6) is 1.24. The van der Waals surface area contributed by atoms with E-state index in [2.05, 4.69) is 34.2 Å². The van der Waals surface area contributed by atoms with E-state index in [0.717, 1.165) is 50.5 Å². The zero-order valence-electron chi connectivity index (χ0n) is 19.5. The van der Waals surface area contributed by atoms with E-state index in [0.29, 0.717) is 22.8 Å². The first-order valence-electron chi connectivity index (χ1n) is 12.2. The van der Waals surface area contributed by atoms with Gasteiger partial charge in [-0.3, -0.25) is 19.2 Å². The lowest BCUT2D eigenvalue weighted by Crippen LogP contribution is -2.23. The summed E-state index contributed by atoms with van der Waals surface area (Å²) in [6.45, 7) is 4.38. The van der Waals surface area contributed by atoms with Crippen molar-refractivity contribution in [3.8, 4) is 5.75 Å². The summed E-state index contributed by atoms with van der Waals surface area (Å²) < 4.78 is 13.3. The number of rotatable bonds is 6. The lowest BCUT2D eigenvalue weighted by atomic mass is 9.93. The molecule has 0 unspecified atom stereocenters. The number of hydrogen-bond acceptors (Lipinski definition) is 5. The lowest BCUT2D eigenvalue weighted by Gasteiger charge is -2.21. The summed E-state index contributed by atoms with van der Waals surface area (Å²) in [6.07, 6.45) is 8.90. The van der Waals surface area contributed by atoms with Gasteiger partial charge >= 0.3 is 0 Å². The average molecular weight is 490 g/mol. The van der Waals surface area contributed by atoms with Gasteiger partial charge in [-0.2, -0.15) is 0 Å². The smallest absolute Gasteiger partial charge is 0.258 e. The number of benzene rings is 1. The molecule has 35 heavy (non-hydrogen) atoms. The van der Waals surface area contributed by atoms with Crippen LogP contribution in [0.5, 0.6) is 5.75 Å². The van der Waals surface area contributed by atoms with E-state index in [1.54, 1.807) is 23.0 Å². The van der Waals surface area contributed by atoms with Crippen LogP contribution in [-0.4, -0.2) is 40.3 Å². The third-order valence-electron chi connectivity index (χ3n) is 7.24.